The molecule has 0 aliphatic carbocycles. The lowest BCUT2D eigenvalue weighted by Gasteiger charge is -2.02. The Morgan fingerprint density at radius 1 is 0.800 bits per heavy atom. The van der Waals surface area contributed by atoms with Gasteiger partial charge in [0.25, 0.3) is 0 Å². The van der Waals surface area contributed by atoms with Crippen molar-refractivity contribution in [3.8, 4) is 0 Å². The van der Waals surface area contributed by atoms with Gasteiger partial charge in [-0.2, -0.15) is 0 Å². The van der Waals surface area contributed by atoms with E-state index >= 15 is 0 Å². The summed E-state index contributed by atoms with van der Waals surface area (Å²) in [5.74, 6) is 0.324. The van der Waals surface area contributed by atoms with Crippen molar-refractivity contribution in [1.82, 2.24) is 0 Å². The average Bonchev–Trinajstić information content (AvgIpc) is 2.43. The van der Waals surface area contributed by atoms with Crippen LogP contribution in [0.3, 0.4) is 0 Å². The van der Waals surface area contributed by atoms with Crippen molar-refractivity contribution in [3.63, 3.8) is 0 Å². The molecule has 0 amide bonds. The van der Waals surface area contributed by atoms with Gasteiger partial charge in [-0.1, -0.05) is 69.3 Å². The van der Waals surface area contributed by atoms with Gasteiger partial charge >= 0.3 is 0 Å². The van der Waals surface area contributed by atoms with E-state index in [2.05, 4.69) is 10.0 Å². The fourth-order valence-corrected chi connectivity index (χ4v) is 2.37. The predicted octanol–water partition coefficient (Wildman–Crippen LogP) is 5.96. The van der Waals surface area contributed by atoms with Gasteiger partial charge in [-0.05, 0) is 25.3 Å². The number of carbonyl (C=O) groups excluding carboxylic acids is 1. The van der Waals surface area contributed by atoms with Crippen LogP contribution in [0.4, 0.5) is 0 Å². The summed E-state index contributed by atoms with van der Waals surface area (Å²) in [5.41, 5.74) is 8.13. The van der Waals surface area contributed by atoms with Crippen molar-refractivity contribution in [2.45, 2.75) is 90.4 Å². The number of unbranched alkanes of at least 4 members (excludes halogenated alkanes) is 11. The molecule has 4 heteroatoms. The topological polar surface area (TPSA) is 65.8 Å². The Labute approximate surface area is 124 Å². The van der Waals surface area contributed by atoms with E-state index in [4.69, 9.17) is 5.53 Å². The lowest BCUT2D eigenvalue weighted by Crippen LogP contribution is -1.89. The minimum absolute atomic E-state index is 0.324. The molecular formula is C16H31N3O. The maximum atomic E-state index is 10.8. The second kappa shape index (κ2) is 16.0. The number of hydrogen-bond acceptors (Lipinski definition) is 2. The molecule has 0 unspecified atom stereocenters. The first-order chi connectivity index (χ1) is 9.77. The maximum absolute atomic E-state index is 10.8. The zero-order valence-corrected chi connectivity index (χ0v) is 13.1. The van der Waals surface area contributed by atoms with Gasteiger partial charge < -0.3 is 4.79 Å². The van der Waals surface area contributed by atoms with Crippen LogP contribution in [0, 0.1) is 0 Å². The van der Waals surface area contributed by atoms with Gasteiger partial charge in [-0.25, -0.2) is 0 Å². The Bertz CT molecular complexity index is 259. The Kier molecular flexibility index (Phi) is 15.2. The summed E-state index contributed by atoms with van der Waals surface area (Å²) in [6, 6.07) is 0. The van der Waals surface area contributed by atoms with Crippen molar-refractivity contribution >= 4 is 5.78 Å². The summed E-state index contributed by atoms with van der Waals surface area (Å²) in [6.07, 6.45) is 15.9. The lowest BCUT2D eigenvalue weighted by atomic mass is 10.0. The SMILES string of the molecule is CC(=O)CCCCCCCCCCCCCCN=[N+]=[N-]. The molecule has 0 saturated carbocycles. The molecule has 0 aromatic rings. The van der Waals surface area contributed by atoms with E-state index in [1.54, 1.807) is 6.92 Å². The highest BCUT2D eigenvalue weighted by Gasteiger charge is 1.95. The van der Waals surface area contributed by atoms with Crippen molar-refractivity contribution in [2.24, 2.45) is 5.11 Å². The smallest absolute Gasteiger partial charge is 0.129 e. The fraction of sp³-hybridized carbons (Fsp3) is 0.938. The number of Topliss-reactive ketones (excluding diaryl/α,β-unsaturated/α-hetero) is 1. The molecule has 0 radical (unpaired) electrons. The molecule has 0 atom stereocenters. The van der Waals surface area contributed by atoms with E-state index in [1.807, 2.05) is 0 Å². The maximum Gasteiger partial charge on any atom is 0.129 e. The Morgan fingerprint density at radius 2 is 1.20 bits per heavy atom. The van der Waals surface area contributed by atoms with Gasteiger partial charge in [0.2, 0.25) is 0 Å². The standard InChI is InChI=1S/C16H31N3O/c1-16(20)14-12-10-8-6-4-2-3-5-7-9-11-13-15-18-19-17/h2-15H2,1H3. The molecule has 0 aliphatic rings. The molecule has 20 heavy (non-hydrogen) atoms. The van der Waals surface area contributed by atoms with Crippen LogP contribution in [-0.2, 0) is 4.79 Å². The lowest BCUT2D eigenvalue weighted by molar-refractivity contribution is -0.117. The number of azide groups is 1. The second-order valence-electron chi connectivity index (χ2n) is 5.65. The van der Waals surface area contributed by atoms with Crippen molar-refractivity contribution in [1.29, 1.82) is 0 Å². The Hall–Kier alpha value is -1.02. The highest BCUT2D eigenvalue weighted by molar-refractivity contribution is 5.75. The summed E-state index contributed by atoms with van der Waals surface area (Å²) in [5, 5.41) is 3.53. The van der Waals surface area contributed by atoms with E-state index in [0.29, 0.717) is 12.3 Å². The van der Waals surface area contributed by atoms with Gasteiger partial charge in [0.1, 0.15) is 5.78 Å². The second-order valence-corrected chi connectivity index (χ2v) is 5.65. The third-order valence-corrected chi connectivity index (χ3v) is 3.60. The summed E-state index contributed by atoms with van der Waals surface area (Å²) >= 11 is 0. The normalized spacial score (nSPS) is 10.2. The number of ketones is 1. The van der Waals surface area contributed by atoms with Gasteiger partial charge in [-0.3, -0.25) is 0 Å². The molecule has 0 N–H and O–H groups in total. The molecule has 4 nitrogen and oxygen atoms in total. The van der Waals surface area contributed by atoms with Crippen LogP contribution in [0.15, 0.2) is 5.11 Å². The quantitative estimate of drug-likeness (QED) is 0.158. The summed E-state index contributed by atoms with van der Waals surface area (Å²) in [6.45, 7) is 2.33. The summed E-state index contributed by atoms with van der Waals surface area (Å²) in [4.78, 5) is 13.5. The highest BCUT2D eigenvalue weighted by Crippen LogP contribution is 2.12. The fourth-order valence-electron chi connectivity index (χ4n) is 2.37. The van der Waals surface area contributed by atoms with Crippen LogP contribution < -0.4 is 0 Å². The highest BCUT2D eigenvalue weighted by atomic mass is 16.1. The number of rotatable bonds is 15. The van der Waals surface area contributed by atoms with E-state index in [1.165, 1.54) is 64.2 Å². The van der Waals surface area contributed by atoms with E-state index in [9.17, 15) is 4.79 Å². The monoisotopic (exact) mass is 281 g/mol. The average molecular weight is 281 g/mol. The van der Waals surface area contributed by atoms with Gasteiger partial charge in [0.15, 0.2) is 0 Å². The molecule has 0 heterocycles. The van der Waals surface area contributed by atoms with E-state index in [-0.39, 0.29) is 0 Å². The van der Waals surface area contributed by atoms with Crippen LogP contribution in [-0.4, -0.2) is 12.3 Å². The molecule has 0 rings (SSSR count). The first kappa shape index (κ1) is 19.0. The van der Waals surface area contributed by atoms with Crippen molar-refractivity contribution < 1.29 is 4.79 Å². The molecule has 0 bridgehead atoms. The number of nitrogens with zero attached hydrogens (tertiary/aromatic N) is 3. The van der Waals surface area contributed by atoms with E-state index in [0.717, 1.165) is 19.3 Å². The van der Waals surface area contributed by atoms with Crippen molar-refractivity contribution in [3.05, 3.63) is 10.4 Å². The van der Waals surface area contributed by atoms with Crippen LogP contribution in [0.25, 0.3) is 10.4 Å². The Morgan fingerprint density at radius 3 is 1.60 bits per heavy atom. The van der Waals surface area contributed by atoms with Crippen LogP contribution in [0.5, 0.6) is 0 Å². The third kappa shape index (κ3) is 17.0. The number of hydrogen-bond donors (Lipinski definition) is 0. The zero-order valence-electron chi connectivity index (χ0n) is 13.1. The number of carbonyl (C=O) groups is 1. The van der Waals surface area contributed by atoms with Crippen LogP contribution in [0.1, 0.15) is 90.4 Å². The molecule has 0 aromatic heterocycles. The molecule has 116 valence electrons. The van der Waals surface area contributed by atoms with Gasteiger partial charge in [-0.15, -0.1) is 0 Å². The summed E-state index contributed by atoms with van der Waals surface area (Å²) < 4.78 is 0. The first-order valence-corrected chi connectivity index (χ1v) is 8.27. The predicted molar refractivity (Wildman–Crippen MR) is 84.7 cm³/mol. The zero-order chi connectivity index (χ0) is 14.9. The minimum Gasteiger partial charge on any atom is -0.300 e. The minimum atomic E-state index is 0.324. The molecule has 0 fully saturated rings. The van der Waals surface area contributed by atoms with Crippen molar-refractivity contribution in [2.75, 3.05) is 6.54 Å². The summed E-state index contributed by atoms with van der Waals surface area (Å²) in [7, 11) is 0. The van der Waals surface area contributed by atoms with Crippen LogP contribution >= 0.6 is 0 Å². The molecule has 0 aromatic carbocycles. The largest absolute Gasteiger partial charge is 0.300 e. The molecule has 0 spiro atoms. The molecule has 0 aliphatic heterocycles. The van der Waals surface area contributed by atoms with E-state index < -0.39 is 0 Å². The Balaban J connectivity index is 2.99. The van der Waals surface area contributed by atoms with Gasteiger partial charge in [0.05, 0.1) is 0 Å². The first-order valence-electron chi connectivity index (χ1n) is 8.27. The third-order valence-electron chi connectivity index (χ3n) is 3.60. The van der Waals surface area contributed by atoms with Gasteiger partial charge in [0, 0.05) is 17.9 Å². The van der Waals surface area contributed by atoms with Crippen LogP contribution in [0.2, 0.25) is 0 Å². The molecular weight excluding hydrogens is 250 g/mol. The molecule has 0 saturated heterocycles.